The van der Waals surface area contributed by atoms with Gasteiger partial charge in [0.15, 0.2) is 0 Å². The van der Waals surface area contributed by atoms with Gasteiger partial charge in [-0.1, -0.05) is 62.4 Å². The molecule has 0 aliphatic rings. The summed E-state index contributed by atoms with van der Waals surface area (Å²) in [6.45, 7) is 5.54. The van der Waals surface area contributed by atoms with Crippen molar-refractivity contribution in [1.82, 2.24) is 10.2 Å². The van der Waals surface area contributed by atoms with Crippen LogP contribution in [0.5, 0.6) is 5.75 Å². The molecular weight excluding hydrogens is 526 g/mol. The number of ether oxygens (including phenoxy) is 1. The summed E-state index contributed by atoms with van der Waals surface area (Å²) in [6, 6.07) is 23.4. The van der Waals surface area contributed by atoms with Crippen LogP contribution in [0, 0.1) is 0 Å². The van der Waals surface area contributed by atoms with E-state index in [2.05, 4.69) is 5.32 Å². The summed E-state index contributed by atoms with van der Waals surface area (Å²) in [5.41, 5.74) is 1.33. The highest BCUT2D eigenvalue weighted by Gasteiger charge is 2.33. The van der Waals surface area contributed by atoms with E-state index >= 15 is 0 Å². The van der Waals surface area contributed by atoms with Crippen molar-refractivity contribution in [1.29, 1.82) is 0 Å². The van der Waals surface area contributed by atoms with E-state index in [1.165, 1.54) is 24.1 Å². The zero-order valence-electron chi connectivity index (χ0n) is 23.6. The molecule has 2 amide bonds. The van der Waals surface area contributed by atoms with Crippen molar-refractivity contribution >= 4 is 27.5 Å². The summed E-state index contributed by atoms with van der Waals surface area (Å²) >= 11 is 0. The van der Waals surface area contributed by atoms with E-state index in [1.807, 2.05) is 51.1 Å². The Morgan fingerprint density at radius 3 is 2.02 bits per heavy atom. The normalized spacial score (nSPS) is 12.7. The van der Waals surface area contributed by atoms with E-state index in [0.717, 1.165) is 16.3 Å². The SMILES string of the molecule is CC[C@H](C(=O)N[C@@H](C)CC)N(CCc1ccccc1)C(=O)CN(c1ccc(OC)cc1)S(=O)(=O)c1ccccc1. The van der Waals surface area contributed by atoms with Crippen LogP contribution < -0.4 is 14.4 Å². The molecule has 3 aromatic rings. The van der Waals surface area contributed by atoms with Crippen molar-refractivity contribution in [3.8, 4) is 5.75 Å². The molecule has 0 saturated carbocycles. The Morgan fingerprint density at radius 2 is 1.48 bits per heavy atom. The predicted octanol–water partition coefficient (Wildman–Crippen LogP) is 4.66. The molecule has 0 aromatic heterocycles. The second-order valence-electron chi connectivity index (χ2n) is 9.59. The van der Waals surface area contributed by atoms with Crippen molar-refractivity contribution in [3.05, 3.63) is 90.5 Å². The molecule has 0 fully saturated rings. The van der Waals surface area contributed by atoms with Crippen LogP contribution in [0.25, 0.3) is 0 Å². The monoisotopic (exact) mass is 565 g/mol. The van der Waals surface area contributed by atoms with E-state index in [1.54, 1.807) is 42.5 Å². The minimum Gasteiger partial charge on any atom is -0.497 e. The van der Waals surface area contributed by atoms with Crippen LogP contribution in [0.1, 0.15) is 39.2 Å². The quantitative estimate of drug-likeness (QED) is 0.307. The third-order valence-corrected chi connectivity index (χ3v) is 8.63. The number of nitrogens with zero attached hydrogens (tertiary/aromatic N) is 2. The lowest BCUT2D eigenvalue weighted by molar-refractivity contribution is -0.139. The largest absolute Gasteiger partial charge is 0.497 e. The van der Waals surface area contributed by atoms with Crippen LogP contribution in [0.4, 0.5) is 5.69 Å². The van der Waals surface area contributed by atoms with Gasteiger partial charge < -0.3 is 15.0 Å². The van der Waals surface area contributed by atoms with E-state index in [-0.39, 0.29) is 23.4 Å². The average molecular weight is 566 g/mol. The van der Waals surface area contributed by atoms with Gasteiger partial charge in [0.2, 0.25) is 11.8 Å². The second kappa shape index (κ2) is 14.5. The second-order valence-corrected chi connectivity index (χ2v) is 11.4. The topological polar surface area (TPSA) is 96.0 Å². The Labute approximate surface area is 238 Å². The maximum absolute atomic E-state index is 14.0. The van der Waals surface area contributed by atoms with E-state index in [9.17, 15) is 18.0 Å². The lowest BCUT2D eigenvalue weighted by atomic mass is 10.1. The Kier molecular flexibility index (Phi) is 11.1. The molecule has 1 N–H and O–H groups in total. The highest BCUT2D eigenvalue weighted by Crippen LogP contribution is 2.26. The number of amides is 2. The number of methoxy groups -OCH3 is 1. The molecular formula is C31H39N3O5S. The molecule has 8 nitrogen and oxygen atoms in total. The Morgan fingerprint density at radius 1 is 0.875 bits per heavy atom. The van der Waals surface area contributed by atoms with Gasteiger partial charge in [-0.2, -0.15) is 0 Å². The fraction of sp³-hybridized carbons (Fsp3) is 0.355. The molecule has 0 bridgehead atoms. The van der Waals surface area contributed by atoms with Crippen LogP contribution in [-0.4, -0.2) is 57.4 Å². The van der Waals surface area contributed by atoms with Gasteiger partial charge in [-0.05, 0) is 68.1 Å². The minimum atomic E-state index is -4.10. The summed E-state index contributed by atoms with van der Waals surface area (Å²) in [4.78, 5) is 28.9. The zero-order chi connectivity index (χ0) is 29.1. The van der Waals surface area contributed by atoms with Gasteiger partial charge in [0.1, 0.15) is 18.3 Å². The lowest BCUT2D eigenvalue weighted by Gasteiger charge is -2.33. The highest BCUT2D eigenvalue weighted by molar-refractivity contribution is 7.92. The molecule has 0 unspecified atom stereocenters. The van der Waals surface area contributed by atoms with Gasteiger partial charge in [-0.25, -0.2) is 8.42 Å². The number of benzene rings is 3. The van der Waals surface area contributed by atoms with Crippen molar-refractivity contribution < 1.29 is 22.7 Å². The van der Waals surface area contributed by atoms with Crippen molar-refractivity contribution in [2.45, 2.75) is 57.0 Å². The summed E-state index contributed by atoms with van der Waals surface area (Å²) < 4.78 is 34.0. The van der Waals surface area contributed by atoms with Gasteiger partial charge in [-0.3, -0.25) is 13.9 Å². The number of carbonyl (C=O) groups is 2. The van der Waals surface area contributed by atoms with E-state index in [4.69, 9.17) is 4.74 Å². The first-order chi connectivity index (χ1) is 19.2. The van der Waals surface area contributed by atoms with Gasteiger partial charge in [0, 0.05) is 12.6 Å². The molecule has 0 radical (unpaired) electrons. The zero-order valence-corrected chi connectivity index (χ0v) is 24.4. The van der Waals surface area contributed by atoms with Crippen molar-refractivity contribution in [3.63, 3.8) is 0 Å². The van der Waals surface area contributed by atoms with Gasteiger partial charge in [-0.15, -0.1) is 0 Å². The Balaban J connectivity index is 1.99. The number of anilines is 1. The first kappa shape index (κ1) is 30.7. The molecule has 0 spiro atoms. The number of rotatable bonds is 14. The molecule has 3 rings (SSSR count). The Hall–Kier alpha value is -3.85. The third kappa shape index (κ3) is 7.85. The molecule has 0 aliphatic carbocycles. The average Bonchev–Trinajstić information content (AvgIpc) is 2.98. The van der Waals surface area contributed by atoms with Gasteiger partial charge in [0.25, 0.3) is 10.0 Å². The molecule has 9 heteroatoms. The molecule has 0 saturated heterocycles. The Bertz CT molecular complexity index is 1330. The summed E-state index contributed by atoms with van der Waals surface area (Å²) in [5.74, 6) is -0.151. The molecule has 0 aliphatic heterocycles. The lowest BCUT2D eigenvalue weighted by Crippen LogP contribution is -2.54. The minimum absolute atomic E-state index is 0.0538. The summed E-state index contributed by atoms with van der Waals surface area (Å²) in [5, 5.41) is 2.99. The van der Waals surface area contributed by atoms with Crippen LogP contribution in [0.3, 0.4) is 0 Å². The van der Waals surface area contributed by atoms with E-state index < -0.39 is 28.5 Å². The first-order valence-electron chi connectivity index (χ1n) is 13.6. The number of hydrogen-bond acceptors (Lipinski definition) is 5. The van der Waals surface area contributed by atoms with E-state index in [0.29, 0.717) is 24.3 Å². The summed E-state index contributed by atoms with van der Waals surface area (Å²) in [7, 11) is -2.58. The highest BCUT2D eigenvalue weighted by atomic mass is 32.2. The number of carbonyl (C=O) groups excluding carboxylic acids is 2. The summed E-state index contributed by atoms with van der Waals surface area (Å²) in [6.07, 6.45) is 1.66. The fourth-order valence-electron chi connectivity index (χ4n) is 4.33. The smallest absolute Gasteiger partial charge is 0.264 e. The number of nitrogens with one attached hydrogen (secondary N) is 1. The molecule has 3 aromatic carbocycles. The number of sulfonamides is 1. The first-order valence-corrected chi connectivity index (χ1v) is 15.0. The maximum Gasteiger partial charge on any atom is 0.264 e. The van der Waals surface area contributed by atoms with Crippen LogP contribution in [0.2, 0.25) is 0 Å². The van der Waals surface area contributed by atoms with Crippen LogP contribution in [-0.2, 0) is 26.0 Å². The molecule has 40 heavy (non-hydrogen) atoms. The van der Waals surface area contributed by atoms with Gasteiger partial charge in [0.05, 0.1) is 17.7 Å². The fourth-order valence-corrected chi connectivity index (χ4v) is 5.77. The number of hydrogen-bond donors (Lipinski definition) is 1. The van der Waals surface area contributed by atoms with Crippen molar-refractivity contribution in [2.24, 2.45) is 0 Å². The third-order valence-electron chi connectivity index (χ3n) is 6.84. The van der Waals surface area contributed by atoms with Crippen molar-refractivity contribution in [2.75, 3.05) is 24.5 Å². The molecule has 214 valence electrons. The molecule has 2 atom stereocenters. The van der Waals surface area contributed by atoms with Crippen LogP contribution in [0.15, 0.2) is 89.8 Å². The van der Waals surface area contributed by atoms with Gasteiger partial charge >= 0.3 is 0 Å². The molecule has 0 heterocycles. The predicted molar refractivity (Wildman–Crippen MR) is 158 cm³/mol. The maximum atomic E-state index is 14.0. The standard InChI is InChI=1S/C31H39N3O5S/c1-5-24(3)32-31(36)29(6-2)33(22-21-25-13-9-7-10-14-25)30(35)23-34(26-17-19-27(39-4)20-18-26)40(37,38)28-15-11-8-12-16-28/h7-20,24,29H,5-6,21-23H2,1-4H3,(H,32,36)/t24-,29+/m0/s1. The van der Waals surface area contributed by atoms with Crippen LogP contribution >= 0.6 is 0 Å².